The van der Waals surface area contributed by atoms with Crippen molar-refractivity contribution in [1.29, 1.82) is 0 Å². The minimum absolute atomic E-state index is 0. The van der Waals surface area contributed by atoms with Gasteiger partial charge in [0, 0.05) is 19.6 Å². The summed E-state index contributed by atoms with van der Waals surface area (Å²) in [4.78, 5) is 11.7. The minimum Gasteiger partial charge on any atom is -0.493 e. The number of methoxy groups -OCH3 is 2. The number of rotatable bonds is 8. The van der Waals surface area contributed by atoms with Crippen LogP contribution in [0.1, 0.15) is 16.1 Å². The Kier molecular flexibility index (Phi) is 8.46. The van der Waals surface area contributed by atoms with Crippen LogP contribution in [-0.2, 0) is 6.54 Å². The van der Waals surface area contributed by atoms with Crippen molar-refractivity contribution in [3.8, 4) is 11.5 Å². The van der Waals surface area contributed by atoms with Crippen molar-refractivity contribution < 1.29 is 18.9 Å². The third kappa shape index (κ3) is 5.48. The van der Waals surface area contributed by atoms with Gasteiger partial charge in [0.1, 0.15) is 0 Å². The van der Waals surface area contributed by atoms with Crippen molar-refractivity contribution in [3.63, 3.8) is 0 Å². The van der Waals surface area contributed by atoms with Gasteiger partial charge >= 0.3 is 0 Å². The molecule has 0 unspecified atom stereocenters. The fourth-order valence-electron chi connectivity index (χ4n) is 2.01. The zero-order valence-corrected chi connectivity index (χ0v) is 16.1. The minimum atomic E-state index is -0.426. The van der Waals surface area contributed by atoms with Crippen LogP contribution in [0.15, 0.2) is 21.2 Å². The standard InChI is InChI=1S/C14H18BrN5O4.ClH/c1-22-10-6-8(5-9(15)12(10)23-2)7-17-3-4-18-14(21)11-13(16)20-24-19-11;/h5-6,17H,3-4,7H2,1-2H3,(H2,16,20)(H,18,21);1H. The molecule has 0 aliphatic carbocycles. The summed E-state index contributed by atoms with van der Waals surface area (Å²) in [6.45, 7) is 1.56. The highest BCUT2D eigenvalue weighted by Gasteiger charge is 2.15. The molecule has 1 aromatic carbocycles. The van der Waals surface area contributed by atoms with Gasteiger partial charge < -0.3 is 25.8 Å². The Morgan fingerprint density at radius 3 is 2.64 bits per heavy atom. The highest BCUT2D eigenvalue weighted by molar-refractivity contribution is 9.10. The Morgan fingerprint density at radius 1 is 1.28 bits per heavy atom. The van der Waals surface area contributed by atoms with E-state index >= 15 is 0 Å². The van der Waals surface area contributed by atoms with Gasteiger partial charge in [0.2, 0.25) is 11.5 Å². The Hall–Kier alpha value is -2.04. The van der Waals surface area contributed by atoms with Gasteiger partial charge in [0.05, 0.1) is 18.7 Å². The molecule has 0 fully saturated rings. The fraction of sp³-hybridized carbons (Fsp3) is 0.357. The molecule has 1 heterocycles. The van der Waals surface area contributed by atoms with Gasteiger partial charge in [-0.2, -0.15) is 0 Å². The van der Waals surface area contributed by atoms with Crippen molar-refractivity contribution in [1.82, 2.24) is 20.9 Å². The van der Waals surface area contributed by atoms with Crippen LogP contribution in [-0.4, -0.2) is 43.5 Å². The van der Waals surface area contributed by atoms with Crippen molar-refractivity contribution in [3.05, 3.63) is 27.9 Å². The number of benzene rings is 1. The molecule has 1 amide bonds. The van der Waals surface area contributed by atoms with Crippen LogP contribution < -0.4 is 25.8 Å². The van der Waals surface area contributed by atoms with E-state index in [2.05, 4.69) is 41.5 Å². The molecule has 4 N–H and O–H groups in total. The first kappa shape index (κ1) is 21.0. The number of nitrogens with two attached hydrogens (primary N) is 1. The molecule has 0 atom stereocenters. The topological polar surface area (TPSA) is 125 Å². The first-order chi connectivity index (χ1) is 11.6. The number of carbonyl (C=O) groups excluding carboxylic acids is 1. The van der Waals surface area contributed by atoms with E-state index < -0.39 is 5.91 Å². The van der Waals surface area contributed by atoms with E-state index in [1.807, 2.05) is 12.1 Å². The number of ether oxygens (including phenoxy) is 2. The van der Waals surface area contributed by atoms with E-state index in [0.717, 1.165) is 10.0 Å². The Balaban J connectivity index is 0.00000312. The number of hydrogen-bond donors (Lipinski definition) is 3. The molecule has 0 bridgehead atoms. The molecule has 0 saturated carbocycles. The summed E-state index contributed by atoms with van der Waals surface area (Å²) < 4.78 is 15.7. The smallest absolute Gasteiger partial charge is 0.277 e. The van der Waals surface area contributed by atoms with E-state index in [4.69, 9.17) is 15.2 Å². The van der Waals surface area contributed by atoms with E-state index in [9.17, 15) is 4.79 Å². The molecular formula is C14H19BrClN5O4. The van der Waals surface area contributed by atoms with Gasteiger partial charge in [-0.3, -0.25) is 4.79 Å². The van der Waals surface area contributed by atoms with Crippen molar-refractivity contribution in [2.45, 2.75) is 6.54 Å². The van der Waals surface area contributed by atoms with Crippen LogP contribution in [0.5, 0.6) is 11.5 Å². The maximum Gasteiger partial charge on any atom is 0.277 e. The number of carbonyl (C=O) groups is 1. The normalized spacial score (nSPS) is 10.0. The maximum atomic E-state index is 11.7. The molecule has 1 aromatic heterocycles. The average molecular weight is 437 g/mol. The van der Waals surface area contributed by atoms with E-state index in [-0.39, 0.29) is 23.9 Å². The number of nitrogens with one attached hydrogen (secondary N) is 2. The first-order valence-corrected chi connectivity index (χ1v) is 7.83. The van der Waals surface area contributed by atoms with Crippen LogP contribution in [0.4, 0.5) is 5.82 Å². The second-order valence-corrected chi connectivity index (χ2v) is 5.60. The highest BCUT2D eigenvalue weighted by Crippen LogP contribution is 2.36. The Bertz CT molecular complexity index is 713. The maximum absolute atomic E-state index is 11.7. The summed E-state index contributed by atoms with van der Waals surface area (Å²) in [7, 11) is 3.17. The molecular weight excluding hydrogens is 418 g/mol. The number of aromatic nitrogens is 2. The number of hydrogen-bond acceptors (Lipinski definition) is 8. The van der Waals surface area contributed by atoms with Crippen LogP contribution in [0.25, 0.3) is 0 Å². The third-order valence-electron chi connectivity index (χ3n) is 3.14. The van der Waals surface area contributed by atoms with Gasteiger partial charge in [-0.15, -0.1) is 12.4 Å². The van der Waals surface area contributed by atoms with Crippen LogP contribution >= 0.6 is 28.3 Å². The third-order valence-corrected chi connectivity index (χ3v) is 3.73. The monoisotopic (exact) mass is 435 g/mol. The zero-order chi connectivity index (χ0) is 17.5. The summed E-state index contributed by atoms with van der Waals surface area (Å²) >= 11 is 3.45. The lowest BCUT2D eigenvalue weighted by Gasteiger charge is -2.12. The molecule has 0 radical (unpaired) electrons. The highest BCUT2D eigenvalue weighted by atomic mass is 79.9. The summed E-state index contributed by atoms with van der Waals surface area (Å²) in [5.41, 5.74) is 6.44. The molecule has 25 heavy (non-hydrogen) atoms. The first-order valence-electron chi connectivity index (χ1n) is 7.04. The van der Waals surface area contributed by atoms with E-state index in [0.29, 0.717) is 31.1 Å². The SMILES string of the molecule is COc1cc(CNCCNC(=O)c2nonc2N)cc(Br)c1OC.Cl. The summed E-state index contributed by atoms with van der Waals surface area (Å²) in [5.74, 6) is 0.832. The summed E-state index contributed by atoms with van der Waals surface area (Å²) in [6.07, 6.45) is 0. The van der Waals surface area contributed by atoms with E-state index in [1.54, 1.807) is 14.2 Å². The van der Waals surface area contributed by atoms with Crippen molar-refractivity contribution in [2.24, 2.45) is 0 Å². The number of nitrogen functional groups attached to an aromatic ring is 1. The number of anilines is 1. The largest absolute Gasteiger partial charge is 0.493 e. The van der Waals surface area contributed by atoms with Crippen LogP contribution in [0, 0.1) is 0 Å². The molecule has 2 aromatic rings. The number of amides is 1. The average Bonchev–Trinajstić information content (AvgIpc) is 2.99. The van der Waals surface area contributed by atoms with Gasteiger partial charge in [-0.1, -0.05) is 0 Å². The van der Waals surface area contributed by atoms with E-state index in [1.165, 1.54) is 0 Å². The Morgan fingerprint density at radius 2 is 2.04 bits per heavy atom. The number of halogens is 2. The van der Waals surface area contributed by atoms with Crippen molar-refractivity contribution in [2.75, 3.05) is 33.0 Å². The molecule has 0 spiro atoms. The predicted octanol–water partition coefficient (Wildman–Crippen LogP) is 1.37. The van der Waals surface area contributed by atoms with Gasteiger partial charge in [-0.05, 0) is 43.9 Å². The lowest BCUT2D eigenvalue weighted by molar-refractivity contribution is 0.0944. The van der Waals surface area contributed by atoms with Gasteiger partial charge in [0.15, 0.2) is 11.5 Å². The second kappa shape index (κ2) is 10.1. The quantitative estimate of drug-likeness (QED) is 0.530. The fourth-order valence-corrected chi connectivity index (χ4v) is 2.66. The van der Waals surface area contributed by atoms with Crippen LogP contribution in [0.3, 0.4) is 0 Å². The number of nitrogens with zero attached hydrogens (tertiary/aromatic N) is 2. The summed E-state index contributed by atoms with van der Waals surface area (Å²) in [6, 6.07) is 3.83. The molecule has 138 valence electrons. The van der Waals surface area contributed by atoms with Crippen LogP contribution in [0.2, 0.25) is 0 Å². The van der Waals surface area contributed by atoms with Crippen molar-refractivity contribution >= 4 is 40.1 Å². The predicted molar refractivity (Wildman–Crippen MR) is 97.2 cm³/mol. The lowest BCUT2D eigenvalue weighted by atomic mass is 10.2. The van der Waals surface area contributed by atoms with Gasteiger partial charge in [0.25, 0.3) is 5.91 Å². The molecule has 0 saturated heterocycles. The second-order valence-electron chi connectivity index (χ2n) is 4.74. The Labute approximate surface area is 159 Å². The lowest BCUT2D eigenvalue weighted by Crippen LogP contribution is -2.32. The molecule has 0 aliphatic heterocycles. The molecule has 0 aliphatic rings. The molecule has 9 nitrogen and oxygen atoms in total. The molecule has 2 rings (SSSR count). The zero-order valence-electron chi connectivity index (χ0n) is 13.7. The summed E-state index contributed by atoms with van der Waals surface area (Å²) in [5, 5.41) is 12.7. The molecule has 11 heteroatoms. The van der Waals surface area contributed by atoms with Gasteiger partial charge in [-0.25, -0.2) is 4.63 Å².